The van der Waals surface area contributed by atoms with Gasteiger partial charge in [0.15, 0.2) is 9.76 Å². The van der Waals surface area contributed by atoms with Crippen LogP contribution in [0.25, 0.3) is 0 Å². The fraction of sp³-hybridized carbons (Fsp3) is 0.692. The van der Waals surface area contributed by atoms with Crippen LogP contribution in [-0.2, 0) is 14.1 Å². The molecule has 6 heteroatoms. The average molecular weight is 288 g/mol. The predicted molar refractivity (Wildman–Crippen MR) is 80.4 cm³/mol. The second-order valence-electron chi connectivity index (χ2n) is 4.95. The van der Waals surface area contributed by atoms with E-state index in [0.29, 0.717) is 0 Å². The molecule has 0 unspecified atom stereocenters. The second kappa shape index (κ2) is 8.37. The monoisotopic (exact) mass is 288 g/mol. The molecule has 0 heterocycles. The maximum atomic E-state index is 5.61. The summed E-state index contributed by atoms with van der Waals surface area (Å²) in [6.07, 6.45) is 0. The molecule has 19 heavy (non-hydrogen) atoms. The van der Waals surface area contributed by atoms with Crippen LogP contribution in [0.2, 0.25) is 6.55 Å². The Bertz CT molecular complexity index is 318. The summed E-state index contributed by atoms with van der Waals surface area (Å²) in [6.45, 7) is 15.7. The van der Waals surface area contributed by atoms with Crippen LogP contribution in [0.15, 0.2) is 22.5 Å². The molecule has 5 nitrogen and oxygen atoms in total. The third-order valence-electron chi connectivity index (χ3n) is 2.69. The highest BCUT2D eigenvalue weighted by Crippen LogP contribution is 2.13. The maximum Gasteiger partial charge on any atom is 0.313 e. The van der Waals surface area contributed by atoms with Gasteiger partial charge in [-0.2, -0.15) is 0 Å². The average Bonchev–Trinajstić information content (AvgIpc) is 2.33. The topological polar surface area (TPSA) is 51.8 Å². The Hall–Kier alpha value is -0.823. The highest BCUT2D eigenvalue weighted by atomic mass is 28.2. The molecule has 0 aliphatic rings. The second-order valence-corrected chi connectivity index (χ2v) is 5.82. The molecule has 0 radical (unpaired) electrons. The fourth-order valence-electron chi connectivity index (χ4n) is 0.885. The van der Waals surface area contributed by atoms with E-state index >= 15 is 0 Å². The fourth-order valence-corrected chi connectivity index (χ4v) is 1.53. The Kier molecular flexibility index (Phi) is 8.01. The molecule has 0 amide bonds. The first-order valence-electron chi connectivity index (χ1n) is 6.52. The molecular formula is C13H28N2O3Si. The lowest BCUT2D eigenvalue weighted by Crippen LogP contribution is -2.44. The summed E-state index contributed by atoms with van der Waals surface area (Å²) < 4.78 is 5.61. The number of hydrogen-bond donors (Lipinski definition) is 2. The van der Waals surface area contributed by atoms with E-state index in [4.69, 9.17) is 14.1 Å². The van der Waals surface area contributed by atoms with Crippen molar-refractivity contribution >= 4 is 9.76 Å². The Balaban J connectivity index is 4.59. The Morgan fingerprint density at radius 1 is 0.842 bits per heavy atom. The zero-order valence-corrected chi connectivity index (χ0v) is 14.8. The Labute approximate surface area is 119 Å². The van der Waals surface area contributed by atoms with Gasteiger partial charge in [0, 0.05) is 18.3 Å². The molecule has 112 valence electrons. The minimum Gasteiger partial charge on any atom is -0.374 e. The maximum absolute atomic E-state index is 5.61. The van der Waals surface area contributed by atoms with Gasteiger partial charge in [-0.25, -0.2) is 9.68 Å². The molecule has 0 saturated heterocycles. The van der Waals surface area contributed by atoms with E-state index in [9.17, 15) is 0 Å². The number of allylic oxidation sites excluding steroid dienone is 4. The van der Waals surface area contributed by atoms with Gasteiger partial charge in [0.25, 0.3) is 0 Å². The molecule has 0 atom stereocenters. The van der Waals surface area contributed by atoms with Crippen molar-refractivity contribution in [1.29, 1.82) is 0 Å². The first-order valence-corrected chi connectivity index (χ1v) is 8.51. The quantitative estimate of drug-likeness (QED) is 0.408. The summed E-state index contributed by atoms with van der Waals surface area (Å²) in [6, 6.07) is 0. The van der Waals surface area contributed by atoms with Gasteiger partial charge in [0.05, 0.1) is 0 Å². The first-order chi connectivity index (χ1) is 8.72. The zero-order valence-electron chi connectivity index (χ0n) is 13.4. The lowest BCUT2D eigenvalue weighted by molar-refractivity contribution is -0.370. The lowest BCUT2D eigenvalue weighted by Gasteiger charge is -2.29. The van der Waals surface area contributed by atoms with Crippen molar-refractivity contribution in [1.82, 2.24) is 11.0 Å². The van der Waals surface area contributed by atoms with E-state index in [2.05, 4.69) is 11.0 Å². The van der Waals surface area contributed by atoms with Gasteiger partial charge < -0.3 is 4.43 Å². The van der Waals surface area contributed by atoms with Crippen LogP contribution in [0.3, 0.4) is 0 Å². The van der Waals surface area contributed by atoms with Crippen molar-refractivity contribution in [3.05, 3.63) is 22.5 Å². The van der Waals surface area contributed by atoms with Crippen LogP contribution >= 0.6 is 0 Å². The number of nitrogens with one attached hydrogen (secondary N) is 2. The van der Waals surface area contributed by atoms with Gasteiger partial charge in [-0.1, -0.05) is 17.7 Å². The predicted octanol–water partition coefficient (Wildman–Crippen LogP) is 2.48. The van der Waals surface area contributed by atoms with E-state index < -0.39 is 15.7 Å². The lowest BCUT2D eigenvalue weighted by atomic mass is 10.3. The van der Waals surface area contributed by atoms with Gasteiger partial charge >= 0.3 is 5.97 Å². The summed E-state index contributed by atoms with van der Waals surface area (Å²) in [4.78, 5) is 11.0. The summed E-state index contributed by atoms with van der Waals surface area (Å²) in [5.41, 5.74) is 9.88. The van der Waals surface area contributed by atoms with Crippen LogP contribution in [0.5, 0.6) is 0 Å². The molecule has 0 rings (SSSR count). The van der Waals surface area contributed by atoms with Gasteiger partial charge in [-0.15, -0.1) is 0 Å². The van der Waals surface area contributed by atoms with E-state index in [0.717, 1.165) is 22.5 Å². The third-order valence-corrected chi connectivity index (χ3v) is 3.50. The van der Waals surface area contributed by atoms with Crippen molar-refractivity contribution in [2.75, 3.05) is 0 Å². The molecule has 0 saturated carbocycles. The van der Waals surface area contributed by atoms with E-state index in [1.807, 2.05) is 48.1 Å². The van der Waals surface area contributed by atoms with Crippen LogP contribution in [-0.4, -0.2) is 15.7 Å². The molecule has 2 N–H and O–H groups in total. The number of hydroxylamine groups is 2. The van der Waals surface area contributed by atoms with E-state index in [1.54, 1.807) is 6.92 Å². The van der Waals surface area contributed by atoms with Crippen LogP contribution in [0.4, 0.5) is 0 Å². The SMILES string of the molecule is C[SiH2]OC(C)(ONC(C)=C(C)C)ONC(C)=C(C)C. The number of hydrogen-bond acceptors (Lipinski definition) is 5. The molecular weight excluding hydrogens is 260 g/mol. The highest BCUT2D eigenvalue weighted by molar-refractivity contribution is 6.24. The summed E-state index contributed by atoms with van der Waals surface area (Å²) in [5.74, 6) is -1.14. The Morgan fingerprint density at radius 3 is 1.47 bits per heavy atom. The third kappa shape index (κ3) is 7.37. The zero-order chi connectivity index (χ0) is 15.1. The van der Waals surface area contributed by atoms with Crippen LogP contribution < -0.4 is 11.0 Å². The van der Waals surface area contributed by atoms with Gasteiger partial charge in [-0.3, -0.25) is 11.0 Å². The smallest absolute Gasteiger partial charge is 0.313 e. The Morgan fingerprint density at radius 2 is 1.21 bits per heavy atom. The van der Waals surface area contributed by atoms with Crippen LogP contribution in [0, 0.1) is 0 Å². The molecule has 0 fully saturated rings. The van der Waals surface area contributed by atoms with Gasteiger partial charge in [-0.05, 0) is 41.5 Å². The van der Waals surface area contributed by atoms with Crippen molar-refractivity contribution in [2.45, 2.75) is 61.0 Å². The van der Waals surface area contributed by atoms with Gasteiger partial charge in [0.2, 0.25) is 0 Å². The summed E-state index contributed by atoms with van der Waals surface area (Å²) in [5, 5.41) is 0. The molecule has 0 aromatic rings. The van der Waals surface area contributed by atoms with Crippen LogP contribution in [0.1, 0.15) is 48.5 Å². The van der Waals surface area contributed by atoms with Crippen molar-refractivity contribution in [3.63, 3.8) is 0 Å². The number of rotatable bonds is 8. The van der Waals surface area contributed by atoms with E-state index in [1.165, 1.54) is 0 Å². The molecule has 0 aliphatic carbocycles. The minimum atomic E-state index is -1.14. The molecule has 0 aliphatic heterocycles. The molecule has 0 spiro atoms. The minimum absolute atomic E-state index is 0.681. The highest BCUT2D eigenvalue weighted by Gasteiger charge is 2.28. The van der Waals surface area contributed by atoms with Gasteiger partial charge in [0.1, 0.15) is 0 Å². The summed E-state index contributed by atoms with van der Waals surface area (Å²) >= 11 is 0. The largest absolute Gasteiger partial charge is 0.374 e. The normalized spacial score (nSPS) is 11.6. The molecule has 0 bridgehead atoms. The first kappa shape index (κ1) is 18.2. The van der Waals surface area contributed by atoms with Crippen molar-refractivity contribution in [3.8, 4) is 0 Å². The standard InChI is InChI=1S/C13H28N2O3Si/c1-9(2)11(5)14-16-13(7,18-19-8)17-15-12(6)10(3)4/h14-15H,19H2,1-8H3. The molecule has 0 aromatic heterocycles. The van der Waals surface area contributed by atoms with E-state index in [-0.39, 0.29) is 0 Å². The summed E-state index contributed by atoms with van der Waals surface area (Å²) in [7, 11) is -0.681. The molecule has 0 aromatic carbocycles. The van der Waals surface area contributed by atoms with Crippen molar-refractivity contribution in [2.24, 2.45) is 0 Å². The van der Waals surface area contributed by atoms with Crippen molar-refractivity contribution < 1.29 is 14.1 Å².